The molecule has 0 saturated carbocycles. The molecule has 1 N–H and O–H groups in total. The van der Waals surface area contributed by atoms with Gasteiger partial charge in [0, 0.05) is 31.5 Å². The van der Waals surface area contributed by atoms with E-state index in [1.807, 2.05) is 29.2 Å². The smallest absolute Gasteiger partial charge is 0.154 e. The van der Waals surface area contributed by atoms with Gasteiger partial charge in [-0.15, -0.1) is 0 Å². The van der Waals surface area contributed by atoms with Gasteiger partial charge < -0.3 is 10.2 Å². The molecule has 3 heterocycles. The zero-order valence-electron chi connectivity index (χ0n) is 12.3. The van der Waals surface area contributed by atoms with Gasteiger partial charge in [0.1, 0.15) is 5.52 Å². The minimum Gasteiger partial charge on any atom is -0.354 e. The van der Waals surface area contributed by atoms with Crippen LogP contribution in [0, 0.1) is 5.92 Å². The van der Waals surface area contributed by atoms with Gasteiger partial charge in [0.25, 0.3) is 0 Å². The van der Waals surface area contributed by atoms with E-state index in [0.717, 1.165) is 31.0 Å². The van der Waals surface area contributed by atoms with Gasteiger partial charge in [0.15, 0.2) is 5.82 Å². The van der Waals surface area contributed by atoms with Crippen molar-refractivity contribution in [1.82, 2.24) is 19.9 Å². The molecule has 5 nitrogen and oxygen atoms in total. The number of hydrogen-bond donors (Lipinski definition) is 1. The lowest BCUT2D eigenvalue weighted by molar-refractivity contribution is 0.323. The number of anilines is 1. The van der Waals surface area contributed by atoms with E-state index in [1.54, 1.807) is 0 Å². The molecular weight excluding hydrogens is 250 g/mol. The SMILES string of the molecule is CCNC(C)C1CCCN(c2nccn3nccc23)C1. The van der Waals surface area contributed by atoms with Crippen LogP contribution in [0.2, 0.25) is 0 Å². The number of fused-ring (bicyclic) bond motifs is 1. The number of aromatic nitrogens is 3. The van der Waals surface area contributed by atoms with Crippen LogP contribution in [-0.2, 0) is 0 Å². The van der Waals surface area contributed by atoms with Crippen LogP contribution in [-0.4, -0.2) is 40.3 Å². The lowest BCUT2D eigenvalue weighted by Gasteiger charge is -2.36. The Morgan fingerprint density at radius 2 is 2.35 bits per heavy atom. The van der Waals surface area contributed by atoms with Crippen LogP contribution in [0.25, 0.3) is 5.52 Å². The Labute approximate surface area is 120 Å². The summed E-state index contributed by atoms with van der Waals surface area (Å²) in [5.41, 5.74) is 1.10. The summed E-state index contributed by atoms with van der Waals surface area (Å²) in [7, 11) is 0. The molecule has 1 aliphatic heterocycles. The average Bonchev–Trinajstić information content (AvgIpc) is 2.96. The van der Waals surface area contributed by atoms with E-state index in [9.17, 15) is 0 Å². The maximum atomic E-state index is 4.59. The molecule has 20 heavy (non-hydrogen) atoms. The van der Waals surface area contributed by atoms with Gasteiger partial charge in [-0.3, -0.25) is 0 Å². The molecule has 1 aliphatic rings. The summed E-state index contributed by atoms with van der Waals surface area (Å²) in [6.07, 6.45) is 8.11. The Morgan fingerprint density at radius 3 is 3.20 bits per heavy atom. The van der Waals surface area contributed by atoms with E-state index in [1.165, 1.54) is 12.8 Å². The van der Waals surface area contributed by atoms with Gasteiger partial charge >= 0.3 is 0 Å². The lowest BCUT2D eigenvalue weighted by Crippen LogP contribution is -2.44. The Bertz CT molecular complexity index is 564. The topological polar surface area (TPSA) is 45.5 Å². The summed E-state index contributed by atoms with van der Waals surface area (Å²) in [5.74, 6) is 1.76. The fraction of sp³-hybridized carbons (Fsp3) is 0.600. The first-order valence-electron chi connectivity index (χ1n) is 7.56. The highest BCUT2D eigenvalue weighted by atomic mass is 15.3. The van der Waals surface area contributed by atoms with Crippen molar-refractivity contribution >= 4 is 11.3 Å². The molecule has 0 amide bonds. The lowest BCUT2D eigenvalue weighted by atomic mass is 9.91. The molecule has 0 aliphatic carbocycles. The minimum atomic E-state index is 0.562. The van der Waals surface area contributed by atoms with Gasteiger partial charge in [0.2, 0.25) is 0 Å². The summed E-state index contributed by atoms with van der Waals surface area (Å²) in [6.45, 7) is 7.67. The summed E-state index contributed by atoms with van der Waals surface area (Å²) in [4.78, 5) is 7.00. The third kappa shape index (κ3) is 2.50. The average molecular weight is 273 g/mol. The van der Waals surface area contributed by atoms with Crippen molar-refractivity contribution in [2.24, 2.45) is 5.92 Å². The Hall–Kier alpha value is -1.62. The van der Waals surface area contributed by atoms with E-state index in [0.29, 0.717) is 12.0 Å². The van der Waals surface area contributed by atoms with Crippen LogP contribution < -0.4 is 10.2 Å². The van der Waals surface area contributed by atoms with Crippen molar-refractivity contribution in [3.8, 4) is 0 Å². The number of rotatable bonds is 4. The third-order valence-corrected chi connectivity index (χ3v) is 4.29. The maximum absolute atomic E-state index is 4.59. The number of piperidine rings is 1. The Balaban J connectivity index is 1.81. The largest absolute Gasteiger partial charge is 0.354 e. The molecule has 0 bridgehead atoms. The van der Waals surface area contributed by atoms with E-state index < -0.39 is 0 Å². The maximum Gasteiger partial charge on any atom is 0.154 e. The fourth-order valence-corrected chi connectivity index (χ4v) is 3.19. The molecule has 2 atom stereocenters. The molecule has 2 aromatic rings. The Morgan fingerprint density at radius 1 is 1.45 bits per heavy atom. The van der Waals surface area contributed by atoms with Crippen LogP contribution in [0.3, 0.4) is 0 Å². The first-order chi connectivity index (χ1) is 9.79. The number of nitrogens with one attached hydrogen (secondary N) is 1. The second kappa shape index (κ2) is 5.79. The van der Waals surface area contributed by atoms with E-state index in [4.69, 9.17) is 0 Å². The van der Waals surface area contributed by atoms with Crippen LogP contribution >= 0.6 is 0 Å². The zero-order valence-corrected chi connectivity index (χ0v) is 12.3. The predicted molar refractivity (Wildman–Crippen MR) is 81.1 cm³/mol. The highest BCUT2D eigenvalue weighted by Gasteiger charge is 2.25. The summed E-state index contributed by atoms with van der Waals surface area (Å²) < 4.78 is 1.90. The molecule has 3 rings (SSSR count). The first-order valence-corrected chi connectivity index (χ1v) is 7.56. The van der Waals surface area contributed by atoms with Crippen molar-refractivity contribution < 1.29 is 0 Å². The van der Waals surface area contributed by atoms with Crippen LogP contribution in [0.4, 0.5) is 5.82 Å². The van der Waals surface area contributed by atoms with Gasteiger partial charge in [0.05, 0.1) is 6.20 Å². The summed E-state index contributed by atoms with van der Waals surface area (Å²) in [6, 6.07) is 2.60. The van der Waals surface area contributed by atoms with Crippen molar-refractivity contribution in [1.29, 1.82) is 0 Å². The Kier molecular flexibility index (Phi) is 3.87. The van der Waals surface area contributed by atoms with Crippen molar-refractivity contribution in [2.45, 2.75) is 32.7 Å². The molecule has 1 fully saturated rings. The quantitative estimate of drug-likeness (QED) is 0.925. The van der Waals surface area contributed by atoms with Crippen LogP contribution in [0.5, 0.6) is 0 Å². The van der Waals surface area contributed by atoms with Crippen molar-refractivity contribution in [3.05, 3.63) is 24.7 Å². The van der Waals surface area contributed by atoms with Gasteiger partial charge in [-0.05, 0) is 38.3 Å². The predicted octanol–water partition coefficient (Wildman–Crippen LogP) is 1.94. The molecule has 108 valence electrons. The van der Waals surface area contributed by atoms with Gasteiger partial charge in [-0.1, -0.05) is 6.92 Å². The number of nitrogens with zero attached hydrogens (tertiary/aromatic N) is 4. The molecule has 2 unspecified atom stereocenters. The number of hydrogen-bond acceptors (Lipinski definition) is 4. The van der Waals surface area contributed by atoms with Crippen LogP contribution in [0.15, 0.2) is 24.7 Å². The third-order valence-electron chi connectivity index (χ3n) is 4.29. The molecule has 5 heteroatoms. The van der Waals surface area contributed by atoms with E-state index >= 15 is 0 Å². The second-order valence-corrected chi connectivity index (χ2v) is 5.61. The fourth-order valence-electron chi connectivity index (χ4n) is 3.19. The molecule has 2 aromatic heterocycles. The van der Waals surface area contributed by atoms with E-state index in [-0.39, 0.29) is 0 Å². The molecule has 0 radical (unpaired) electrons. The van der Waals surface area contributed by atoms with Gasteiger partial charge in [-0.2, -0.15) is 5.10 Å². The molecule has 0 spiro atoms. The standard InChI is InChI=1S/C15H23N5/c1-3-16-12(2)13-5-4-9-19(11-13)15-14-6-7-18-20(14)10-8-17-15/h6-8,10,12-13,16H,3-5,9,11H2,1-2H3. The van der Waals surface area contributed by atoms with Crippen LogP contribution in [0.1, 0.15) is 26.7 Å². The highest BCUT2D eigenvalue weighted by Crippen LogP contribution is 2.26. The zero-order chi connectivity index (χ0) is 13.9. The minimum absolute atomic E-state index is 0.562. The monoisotopic (exact) mass is 273 g/mol. The van der Waals surface area contributed by atoms with Gasteiger partial charge in [-0.25, -0.2) is 9.50 Å². The molecule has 0 aromatic carbocycles. The highest BCUT2D eigenvalue weighted by molar-refractivity contribution is 5.68. The molecular formula is C15H23N5. The van der Waals surface area contributed by atoms with E-state index in [2.05, 4.69) is 34.1 Å². The summed E-state index contributed by atoms with van der Waals surface area (Å²) in [5, 5.41) is 7.85. The van der Waals surface area contributed by atoms with Crippen molar-refractivity contribution in [3.63, 3.8) is 0 Å². The van der Waals surface area contributed by atoms with Crippen molar-refractivity contribution in [2.75, 3.05) is 24.5 Å². The normalized spacial score (nSPS) is 21.3. The second-order valence-electron chi connectivity index (χ2n) is 5.61. The first kappa shape index (κ1) is 13.4. The molecule has 1 saturated heterocycles. The summed E-state index contributed by atoms with van der Waals surface area (Å²) >= 11 is 0.